The van der Waals surface area contributed by atoms with Gasteiger partial charge in [-0.3, -0.25) is 0 Å². The molecule has 0 aromatic heterocycles. The summed E-state index contributed by atoms with van der Waals surface area (Å²) in [5, 5.41) is 9.26. The largest absolute Gasteiger partial charge is 0.478 e. The smallest absolute Gasteiger partial charge is 0.341 e. The minimum atomic E-state index is -2.48. The second kappa shape index (κ2) is 11.1. The van der Waals surface area contributed by atoms with Gasteiger partial charge in [-0.05, 0) is 42.7 Å². The number of hydrogen-bond donors (Lipinski definition) is 1. The van der Waals surface area contributed by atoms with E-state index in [0.29, 0.717) is 23.6 Å². The van der Waals surface area contributed by atoms with Gasteiger partial charge in [0.25, 0.3) is 0 Å². The number of unbranched alkanes of at least 4 members (excludes halogenated alkanes) is 5. The number of carbonyl (C=O) groups is 1. The molecule has 1 N–H and O–H groups in total. The van der Waals surface area contributed by atoms with Gasteiger partial charge in [-0.1, -0.05) is 44.2 Å². The molecular weight excluding hydrogens is 390 g/mol. The summed E-state index contributed by atoms with van der Waals surface area (Å²) in [6, 6.07) is 4.02. The molecule has 0 fully saturated rings. The van der Waals surface area contributed by atoms with E-state index in [9.17, 15) is 14.3 Å². The topological polar surface area (TPSA) is 37.3 Å². The molecular formula is C17H22Cl3FO2Si. The first-order valence-electron chi connectivity index (χ1n) is 8.04. The molecule has 1 aromatic rings. The predicted octanol–water partition coefficient (Wildman–Crippen LogP) is 6.68. The van der Waals surface area contributed by atoms with Gasteiger partial charge in [0.1, 0.15) is 5.82 Å². The third-order valence-electron chi connectivity index (χ3n) is 3.64. The van der Waals surface area contributed by atoms with Crippen molar-refractivity contribution in [2.24, 2.45) is 0 Å². The third kappa shape index (κ3) is 10.3. The average Bonchev–Trinajstić information content (AvgIpc) is 2.49. The molecule has 0 saturated carbocycles. The van der Waals surface area contributed by atoms with Crippen molar-refractivity contribution < 1.29 is 14.3 Å². The summed E-state index contributed by atoms with van der Waals surface area (Å²) >= 11 is 17.5. The summed E-state index contributed by atoms with van der Waals surface area (Å²) in [6.07, 6.45) is 7.99. The lowest BCUT2D eigenvalue weighted by molar-refractivity contribution is -0.132. The molecule has 24 heavy (non-hydrogen) atoms. The number of aliphatic carboxylic acids is 1. The first kappa shape index (κ1) is 21.5. The van der Waals surface area contributed by atoms with E-state index in [2.05, 4.69) is 0 Å². The van der Waals surface area contributed by atoms with Crippen LogP contribution in [0.3, 0.4) is 0 Å². The Hall–Kier alpha value is -0.553. The van der Waals surface area contributed by atoms with Crippen molar-refractivity contribution in [1.82, 2.24) is 0 Å². The molecule has 2 nitrogen and oxygen atoms in total. The maximum atomic E-state index is 12.9. The lowest BCUT2D eigenvalue weighted by Crippen LogP contribution is -2.07. The quantitative estimate of drug-likeness (QED) is 0.191. The minimum Gasteiger partial charge on any atom is -0.478 e. The van der Waals surface area contributed by atoms with Crippen LogP contribution in [0.25, 0.3) is 6.08 Å². The van der Waals surface area contributed by atoms with Crippen LogP contribution in [0.1, 0.15) is 50.5 Å². The molecule has 7 heteroatoms. The zero-order valence-electron chi connectivity index (χ0n) is 13.4. The highest BCUT2D eigenvalue weighted by atomic mass is 35.8. The van der Waals surface area contributed by atoms with Gasteiger partial charge in [0.2, 0.25) is 0 Å². The van der Waals surface area contributed by atoms with Crippen LogP contribution in [0, 0.1) is 5.82 Å². The Morgan fingerprint density at radius 1 is 1.00 bits per heavy atom. The minimum absolute atomic E-state index is 0.332. The third-order valence-corrected chi connectivity index (χ3v) is 6.26. The fraction of sp³-hybridized carbons (Fsp3) is 0.471. The van der Waals surface area contributed by atoms with Crippen LogP contribution < -0.4 is 0 Å². The molecule has 0 aliphatic heterocycles. The van der Waals surface area contributed by atoms with Gasteiger partial charge >= 0.3 is 12.0 Å². The molecule has 0 unspecified atom stereocenters. The summed E-state index contributed by atoms with van der Waals surface area (Å²) in [6.45, 7) is 0. The van der Waals surface area contributed by atoms with Gasteiger partial charge in [-0.2, -0.15) is 0 Å². The zero-order chi connectivity index (χ0) is 18.0. The molecule has 0 bridgehead atoms. The lowest BCUT2D eigenvalue weighted by Gasteiger charge is -2.07. The van der Waals surface area contributed by atoms with Crippen LogP contribution in [0.5, 0.6) is 0 Å². The molecule has 1 rings (SSSR count). The molecule has 0 atom stereocenters. The van der Waals surface area contributed by atoms with E-state index in [1.54, 1.807) is 18.2 Å². The summed E-state index contributed by atoms with van der Waals surface area (Å²) < 4.78 is 12.9. The van der Waals surface area contributed by atoms with Gasteiger partial charge in [0.05, 0.1) is 0 Å². The van der Waals surface area contributed by atoms with E-state index in [-0.39, 0.29) is 5.82 Å². The Morgan fingerprint density at radius 2 is 1.54 bits per heavy atom. The second-order valence-electron chi connectivity index (χ2n) is 5.76. The Labute approximate surface area is 157 Å². The van der Waals surface area contributed by atoms with Gasteiger partial charge in [0, 0.05) is 5.57 Å². The van der Waals surface area contributed by atoms with Crippen LogP contribution in [0.2, 0.25) is 6.04 Å². The second-order valence-corrected chi connectivity index (χ2v) is 15.0. The number of carboxylic acids is 1. The fourth-order valence-electron chi connectivity index (χ4n) is 2.35. The zero-order valence-corrected chi connectivity index (χ0v) is 16.7. The van der Waals surface area contributed by atoms with Crippen molar-refractivity contribution in [3.05, 3.63) is 41.2 Å². The first-order chi connectivity index (χ1) is 11.3. The number of carboxylic acid groups (broad SMARTS) is 1. The normalized spacial score (nSPS) is 12.4. The Balaban J connectivity index is 2.27. The van der Waals surface area contributed by atoms with Crippen molar-refractivity contribution in [3.63, 3.8) is 0 Å². The van der Waals surface area contributed by atoms with Crippen LogP contribution in [-0.4, -0.2) is 17.1 Å². The standard InChI is InChI=1S/C17H22Cl3FO2Si/c18-24(19,20)12-6-4-2-1-3-5-7-15(17(22)23)13-14-8-10-16(21)11-9-14/h8-11,13H,1-7,12H2,(H,22,23)/b15-13+. The van der Waals surface area contributed by atoms with Gasteiger partial charge < -0.3 is 5.11 Å². The van der Waals surface area contributed by atoms with Crippen molar-refractivity contribution in [1.29, 1.82) is 0 Å². The molecule has 0 radical (unpaired) electrons. The monoisotopic (exact) mass is 410 g/mol. The Bertz CT molecular complexity index is 542. The van der Waals surface area contributed by atoms with E-state index in [4.69, 9.17) is 33.2 Å². The van der Waals surface area contributed by atoms with Crippen molar-refractivity contribution in [2.75, 3.05) is 0 Å². The maximum Gasteiger partial charge on any atom is 0.341 e. The number of benzene rings is 1. The highest BCUT2D eigenvalue weighted by molar-refractivity contribution is 7.64. The summed E-state index contributed by atoms with van der Waals surface area (Å²) in [5.41, 5.74) is 1.05. The van der Waals surface area contributed by atoms with Gasteiger partial charge in [-0.25, -0.2) is 9.18 Å². The Morgan fingerprint density at radius 3 is 2.08 bits per heavy atom. The average molecular weight is 412 g/mol. The van der Waals surface area contributed by atoms with Crippen molar-refractivity contribution >= 4 is 51.3 Å². The predicted molar refractivity (Wildman–Crippen MR) is 102 cm³/mol. The summed E-state index contributed by atoms with van der Waals surface area (Å²) in [5.74, 6) is -1.26. The highest BCUT2D eigenvalue weighted by Crippen LogP contribution is 2.27. The van der Waals surface area contributed by atoms with Crippen LogP contribution >= 0.6 is 33.2 Å². The van der Waals surface area contributed by atoms with Crippen LogP contribution in [0.15, 0.2) is 29.8 Å². The number of hydrogen-bond acceptors (Lipinski definition) is 1. The first-order valence-corrected chi connectivity index (χ1v) is 13.3. The summed E-state index contributed by atoms with van der Waals surface area (Å²) in [4.78, 5) is 11.3. The number of halogens is 4. The van der Waals surface area contributed by atoms with Crippen LogP contribution in [0.4, 0.5) is 4.39 Å². The molecule has 0 aliphatic carbocycles. The SMILES string of the molecule is O=C(O)/C(=C/c1ccc(F)cc1)CCCCCCCC[Si](Cl)(Cl)Cl. The molecule has 0 saturated heterocycles. The van der Waals surface area contributed by atoms with E-state index < -0.39 is 12.0 Å². The summed E-state index contributed by atoms with van der Waals surface area (Å²) in [7, 11) is 0. The Kier molecular flexibility index (Phi) is 9.97. The molecule has 0 heterocycles. The maximum absolute atomic E-state index is 12.9. The van der Waals surface area contributed by atoms with E-state index in [1.807, 2.05) is 0 Å². The van der Waals surface area contributed by atoms with Crippen LogP contribution in [-0.2, 0) is 4.79 Å². The van der Waals surface area contributed by atoms with Gasteiger partial charge in [0.15, 0.2) is 0 Å². The van der Waals surface area contributed by atoms with Gasteiger partial charge in [-0.15, -0.1) is 33.2 Å². The van der Waals surface area contributed by atoms with E-state index >= 15 is 0 Å². The molecule has 0 amide bonds. The molecule has 1 aromatic carbocycles. The number of rotatable bonds is 11. The van der Waals surface area contributed by atoms with E-state index in [0.717, 1.165) is 38.5 Å². The fourth-order valence-corrected chi connectivity index (χ4v) is 4.20. The molecule has 134 valence electrons. The van der Waals surface area contributed by atoms with Crippen molar-refractivity contribution in [2.45, 2.75) is 51.0 Å². The molecule has 0 spiro atoms. The van der Waals surface area contributed by atoms with Crippen molar-refractivity contribution in [3.8, 4) is 0 Å². The van der Waals surface area contributed by atoms with E-state index in [1.165, 1.54) is 12.1 Å². The molecule has 0 aliphatic rings. The lowest BCUT2D eigenvalue weighted by atomic mass is 10.0. The highest BCUT2D eigenvalue weighted by Gasteiger charge is 2.23.